The molecule has 0 amide bonds. The molecule has 0 saturated carbocycles. The molecule has 0 radical (unpaired) electrons. The third kappa shape index (κ3) is 4.63. The second-order valence-corrected chi connectivity index (χ2v) is 9.79. The van der Waals surface area contributed by atoms with Crippen LogP contribution < -0.4 is 0 Å². The van der Waals surface area contributed by atoms with Crippen LogP contribution in [0.25, 0.3) is 0 Å². The maximum Gasteiger partial charge on any atom is 0.523 e. The summed E-state index contributed by atoms with van der Waals surface area (Å²) in [7, 11) is -8.11. The average Bonchev–Trinajstić information content (AvgIpc) is 2.72. The van der Waals surface area contributed by atoms with Gasteiger partial charge in [0.1, 0.15) is 5.78 Å². The molecule has 1 aliphatic rings. The SMILES string of the molecule is CCCCC(=O)CS1(OS(=O)(=O)C(F)(F)F)CCCC1. The van der Waals surface area contributed by atoms with Crippen LogP contribution in [0.3, 0.4) is 0 Å². The van der Waals surface area contributed by atoms with Gasteiger partial charge < -0.3 is 0 Å². The van der Waals surface area contributed by atoms with Crippen LogP contribution in [-0.2, 0) is 18.5 Å². The lowest BCUT2D eigenvalue weighted by atomic mass is 10.2. The normalized spacial score (nSPS) is 20.8. The minimum Gasteiger partial charge on any atom is -0.299 e. The second kappa shape index (κ2) is 6.65. The molecule has 0 aliphatic carbocycles. The Morgan fingerprint density at radius 3 is 2.25 bits per heavy atom. The van der Waals surface area contributed by atoms with E-state index < -0.39 is 25.9 Å². The van der Waals surface area contributed by atoms with Crippen LogP contribution >= 0.6 is 10.3 Å². The van der Waals surface area contributed by atoms with Gasteiger partial charge in [0.2, 0.25) is 0 Å². The second-order valence-electron chi connectivity index (χ2n) is 4.84. The highest BCUT2D eigenvalue weighted by Crippen LogP contribution is 2.57. The summed E-state index contributed by atoms with van der Waals surface area (Å²) in [5.41, 5.74) is -5.43. The maximum absolute atomic E-state index is 12.4. The Kier molecular flexibility index (Phi) is 5.91. The van der Waals surface area contributed by atoms with Gasteiger partial charge in [-0.15, -0.1) is 10.3 Å². The van der Waals surface area contributed by atoms with Gasteiger partial charge in [-0.1, -0.05) is 13.3 Å². The summed E-state index contributed by atoms with van der Waals surface area (Å²) in [6.07, 6.45) is 2.92. The van der Waals surface area contributed by atoms with E-state index >= 15 is 0 Å². The number of ketones is 1. The first-order chi connectivity index (χ1) is 9.12. The number of rotatable bonds is 7. The van der Waals surface area contributed by atoms with Gasteiger partial charge in [0, 0.05) is 17.9 Å². The lowest BCUT2D eigenvalue weighted by Gasteiger charge is -2.33. The predicted octanol–water partition coefficient (Wildman–Crippen LogP) is 3.13. The highest BCUT2D eigenvalue weighted by atomic mass is 32.3. The van der Waals surface area contributed by atoms with Gasteiger partial charge >= 0.3 is 15.6 Å². The molecule has 0 atom stereocenters. The topological polar surface area (TPSA) is 60.4 Å². The Bertz CT molecular complexity index is 439. The number of carbonyl (C=O) groups is 1. The summed E-state index contributed by atoms with van der Waals surface area (Å²) in [6.45, 7) is 1.90. The van der Waals surface area contributed by atoms with Gasteiger partial charge in [0.05, 0.1) is 5.75 Å². The molecule has 1 heterocycles. The molecule has 1 rings (SSSR count). The lowest BCUT2D eigenvalue weighted by Crippen LogP contribution is -2.30. The van der Waals surface area contributed by atoms with E-state index in [0.717, 1.165) is 6.42 Å². The summed E-state index contributed by atoms with van der Waals surface area (Å²) in [4.78, 5) is 11.8. The van der Waals surface area contributed by atoms with Gasteiger partial charge in [0.15, 0.2) is 0 Å². The van der Waals surface area contributed by atoms with Crippen LogP contribution in [0.1, 0.15) is 39.0 Å². The lowest BCUT2D eigenvalue weighted by molar-refractivity contribution is -0.116. The molecule has 0 aromatic heterocycles. The van der Waals surface area contributed by atoms with Crippen molar-refractivity contribution in [2.75, 3.05) is 17.3 Å². The van der Waals surface area contributed by atoms with E-state index in [0.29, 0.717) is 19.3 Å². The van der Waals surface area contributed by atoms with Gasteiger partial charge in [0.25, 0.3) is 0 Å². The Hall–Kier alpha value is -0.280. The number of hydrogen-bond donors (Lipinski definition) is 0. The molecule has 0 N–H and O–H groups in total. The van der Waals surface area contributed by atoms with Crippen molar-refractivity contribution in [1.29, 1.82) is 0 Å². The largest absolute Gasteiger partial charge is 0.523 e. The van der Waals surface area contributed by atoms with Crippen LogP contribution in [0, 0.1) is 0 Å². The number of unbranched alkanes of at least 4 members (excludes halogenated alkanes) is 1. The quantitative estimate of drug-likeness (QED) is 0.670. The predicted molar refractivity (Wildman–Crippen MR) is 72.0 cm³/mol. The zero-order valence-corrected chi connectivity index (χ0v) is 12.9. The molecule has 4 nitrogen and oxygen atoms in total. The Balaban J connectivity index is 2.81. The maximum atomic E-state index is 12.4. The molecule has 0 unspecified atom stereocenters. The van der Waals surface area contributed by atoms with Crippen molar-refractivity contribution < 1.29 is 30.0 Å². The van der Waals surface area contributed by atoms with E-state index in [2.05, 4.69) is 3.63 Å². The van der Waals surface area contributed by atoms with Crippen molar-refractivity contribution >= 4 is 26.2 Å². The van der Waals surface area contributed by atoms with Crippen LogP contribution in [0.2, 0.25) is 0 Å². The Labute approximate surface area is 118 Å². The first-order valence-corrected chi connectivity index (χ1v) is 9.90. The third-order valence-electron chi connectivity index (χ3n) is 3.03. The Morgan fingerprint density at radius 1 is 1.25 bits per heavy atom. The summed E-state index contributed by atoms with van der Waals surface area (Å²) in [6, 6.07) is 0. The molecule has 1 aliphatic heterocycles. The van der Waals surface area contributed by atoms with Gasteiger partial charge in [-0.05, 0) is 19.3 Å². The standard InChI is InChI=1S/C11H19F3O4S2/c1-2-3-6-10(15)9-19(7-4-5-8-19)18-20(16,17)11(12,13)14/h2-9H2,1H3. The number of alkyl halides is 3. The van der Waals surface area contributed by atoms with Crippen molar-refractivity contribution in [1.82, 2.24) is 0 Å². The molecular formula is C11H19F3O4S2. The van der Waals surface area contributed by atoms with E-state index in [9.17, 15) is 26.4 Å². The van der Waals surface area contributed by atoms with Crippen molar-refractivity contribution in [3.63, 3.8) is 0 Å². The minimum atomic E-state index is -5.62. The molecule has 1 saturated heterocycles. The van der Waals surface area contributed by atoms with Crippen molar-refractivity contribution in [3.05, 3.63) is 0 Å². The zero-order valence-electron chi connectivity index (χ0n) is 11.2. The van der Waals surface area contributed by atoms with E-state index in [1.807, 2.05) is 6.92 Å². The average molecular weight is 336 g/mol. The smallest absolute Gasteiger partial charge is 0.299 e. The van der Waals surface area contributed by atoms with Crippen LogP contribution in [0.5, 0.6) is 0 Å². The van der Waals surface area contributed by atoms with E-state index in [4.69, 9.17) is 0 Å². The highest BCUT2D eigenvalue weighted by Gasteiger charge is 2.51. The summed E-state index contributed by atoms with van der Waals surface area (Å²) < 4.78 is 64.1. The summed E-state index contributed by atoms with van der Waals surface area (Å²) in [5, 5.41) is 0. The van der Waals surface area contributed by atoms with Crippen molar-refractivity contribution in [2.24, 2.45) is 0 Å². The fraction of sp³-hybridized carbons (Fsp3) is 0.909. The highest BCUT2D eigenvalue weighted by molar-refractivity contribution is 8.33. The first-order valence-electron chi connectivity index (χ1n) is 6.42. The number of hydrogen-bond acceptors (Lipinski definition) is 4. The fourth-order valence-corrected chi connectivity index (χ4v) is 7.29. The number of halogens is 3. The molecule has 9 heteroatoms. The molecule has 0 spiro atoms. The van der Waals surface area contributed by atoms with Crippen molar-refractivity contribution in [2.45, 2.75) is 44.5 Å². The Morgan fingerprint density at radius 2 is 1.80 bits per heavy atom. The van der Waals surface area contributed by atoms with Crippen molar-refractivity contribution in [3.8, 4) is 0 Å². The molecule has 0 bridgehead atoms. The van der Waals surface area contributed by atoms with E-state index in [-0.39, 0.29) is 29.5 Å². The number of carbonyl (C=O) groups excluding carboxylic acids is 1. The summed E-state index contributed by atoms with van der Waals surface area (Å²) >= 11 is 0. The van der Waals surface area contributed by atoms with Gasteiger partial charge in [-0.3, -0.25) is 4.79 Å². The van der Waals surface area contributed by atoms with Gasteiger partial charge in [-0.2, -0.15) is 21.6 Å². The zero-order chi connectivity index (χ0) is 15.4. The molecule has 20 heavy (non-hydrogen) atoms. The molecule has 120 valence electrons. The summed E-state index contributed by atoms with van der Waals surface area (Å²) in [5.74, 6) is 0.115. The van der Waals surface area contributed by atoms with Crippen LogP contribution in [0.15, 0.2) is 0 Å². The van der Waals surface area contributed by atoms with E-state index in [1.165, 1.54) is 0 Å². The molecular weight excluding hydrogens is 317 g/mol. The fourth-order valence-electron chi connectivity index (χ4n) is 2.04. The third-order valence-corrected chi connectivity index (χ3v) is 8.39. The molecule has 0 aromatic carbocycles. The first kappa shape index (κ1) is 17.8. The van der Waals surface area contributed by atoms with Crippen LogP contribution in [0.4, 0.5) is 13.2 Å². The van der Waals surface area contributed by atoms with Gasteiger partial charge in [-0.25, -0.2) is 3.63 Å². The van der Waals surface area contributed by atoms with Crippen LogP contribution in [-0.4, -0.2) is 37.0 Å². The minimum absolute atomic E-state index is 0.178. The van der Waals surface area contributed by atoms with E-state index in [1.54, 1.807) is 0 Å². The molecule has 1 fully saturated rings. The monoisotopic (exact) mass is 336 g/mol. The number of Topliss-reactive ketones (excluding diaryl/α,β-unsaturated/α-hetero) is 1. The molecule has 0 aromatic rings.